The van der Waals surface area contributed by atoms with Gasteiger partial charge < -0.3 is 0 Å². The molecule has 0 saturated heterocycles. The molecule has 47 heavy (non-hydrogen) atoms. The average molecular weight is 621 g/mol. The van der Waals surface area contributed by atoms with Crippen molar-refractivity contribution >= 4 is 60.1 Å². The molecule has 1 aliphatic rings. The first-order valence-corrected chi connectivity index (χ1v) is 16.3. The molecule has 0 amide bonds. The van der Waals surface area contributed by atoms with Gasteiger partial charge in [0.15, 0.2) is 11.6 Å². The van der Waals surface area contributed by atoms with Crippen LogP contribution in [0.25, 0.3) is 70.8 Å². The van der Waals surface area contributed by atoms with Crippen LogP contribution in [0.1, 0.15) is 0 Å². The topological polar surface area (TPSA) is 59.7 Å². The lowest BCUT2D eigenvalue weighted by Gasteiger charge is -2.23. The quantitative estimate of drug-likeness (QED) is 0.197. The second-order valence-electron chi connectivity index (χ2n) is 11.5. The minimum absolute atomic E-state index is 0.502. The third-order valence-corrected chi connectivity index (χ3v) is 9.96. The second-order valence-corrected chi connectivity index (χ2v) is 12.6. The van der Waals surface area contributed by atoms with E-state index in [1.807, 2.05) is 36.4 Å². The molecule has 0 N–H and O–H groups in total. The first-order chi connectivity index (χ1) is 23.3. The van der Waals surface area contributed by atoms with Crippen molar-refractivity contribution in [3.05, 3.63) is 146 Å². The largest absolute Gasteiger partial charge is 0.277 e. The first-order valence-electron chi connectivity index (χ1n) is 15.5. The maximum absolute atomic E-state index is 5.32. The van der Waals surface area contributed by atoms with Crippen molar-refractivity contribution < 1.29 is 0 Å². The molecule has 0 bridgehead atoms. The summed E-state index contributed by atoms with van der Waals surface area (Å²) in [4.78, 5) is 23.0. The van der Waals surface area contributed by atoms with Crippen LogP contribution in [0.15, 0.2) is 146 Å². The zero-order valence-electron chi connectivity index (χ0n) is 24.9. The maximum Gasteiger partial charge on any atom is 0.241 e. The SMILES string of the molecule is c1ccc(-c2nc(-c3cccc4sc5ccccc5c34)nc(N3c4ccccc4-c4ccccc4-n4c3nc3ccccc34)n2)cc1. The lowest BCUT2D eigenvalue weighted by Crippen LogP contribution is -2.18. The Morgan fingerprint density at radius 2 is 1.13 bits per heavy atom. The van der Waals surface area contributed by atoms with E-state index in [-0.39, 0.29) is 0 Å². The van der Waals surface area contributed by atoms with E-state index >= 15 is 0 Å². The molecule has 9 aromatic rings. The predicted molar refractivity (Wildman–Crippen MR) is 192 cm³/mol. The summed E-state index contributed by atoms with van der Waals surface area (Å²) >= 11 is 1.79. The van der Waals surface area contributed by atoms with Crippen LogP contribution < -0.4 is 4.90 Å². The van der Waals surface area contributed by atoms with Crippen LogP contribution in [0.5, 0.6) is 0 Å². The Morgan fingerprint density at radius 3 is 2.02 bits per heavy atom. The Kier molecular flexibility index (Phi) is 5.64. The molecule has 3 aromatic heterocycles. The molecule has 6 aromatic carbocycles. The van der Waals surface area contributed by atoms with E-state index in [2.05, 4.69) is 119 Å². The fraction of sp³-hybridized carbons (Fsp3) is 0. The number of anilines is 3. The normalized spacial score (nSPS) is 12.2. The van der Waals surface area contributed by atoms with Gasteiger partial charge in [0.05, 0.1) is 22.4 Å². The fourth-order valence-corrected chi connectivity index (χ4v) is 7.89. The van der Waals surface area contributed by atoms with Gasteiger partial charge in [-0.1, -0.05) is 109 Å². The number of aromatic nitrogens is 5. The highest BCUT2D eigenvalue weighted by Crippen LogP contribution is 2.47. The monoisotopic (exact) mass is 620 g/mol. The standard InChI is InChI=1S/C40H24N6S/c1-2-13-25(14-3-1)37-42-38(29-18-12-24-35-36(29)28-17-6-11-23-34(28)47-35)44-39(43-37)46-32-21-9-5-16-27(32)26-15-4-8-20-31(26)45-33-22-10-7-19-30(33)41-40(45)46/h1-24H. The van der Waals surface area contributed by atoms with Crippen LogP contribution >= 0.6 is 11.3 Å². The summed E-state index contributed by atoms with van der Waals surface area (Å²) in [6.07, 6.45) is 0. The minimum Gasteiger partial charge on any atom is -0.277 e. The van der Waals surface area contributed by atoms with Gasteiger partial charge >= 0.3 is 0 Å². The zero-order valence-corrected chi connectivity index (χ0v) is 25.8. The molecule has 1 aliphatic heterocycles. The predicted octanol–water partition coefficient (Wildman–Crippen LogP) is 10.4. The highest BCUT2D eigenvalue weighted by atomic mass is 32.1. The van der Waals surface area contributed by atoms with E-state index in [9.17, 15) is 0 Å². The second kappa shape index (κ2) is 10.2. The van der Waals surface area contributed by atoms with Gasteiger partial charge in [-0.25, -0.2) is 14.9 Å². The number of para-hydroxylation sites is 4. The Morgan fingerprint density at radius 1 is 0.468 bits per heavy atom. The molecule has 0 atom stereocenters. The number of thiophene rings is 1. The minimum atomic E-state index is 0.502. The van der Waals surface area contributed by atoms with E-state index < -0.39 is 0 Å². The molecule has 220 valence electrons. The number of benzene rings is 6. The van der Waals surface area contributed by atoms with Crippen molar-refractivity contribution in [1.82, 2.24) is 24.5 Å². The van der Waals surface area contributed by atoms with Crippen LogP contribution in [0.3, 0.4) is 0 Å². The van der Waals surface area contributed by atoms with Gasteiger partial charge in [-0.2, -0.15) is 9.97 Å². The van der Waals surface area contributed by atoms with Crippen LogP contribution in [-0.2, 0) is 0 Å². The molecule has 0 saturated carbocycles. The molecule has 0 aliphatic carbocycles. The number of nitrogens with zero attached hydrogens (tertiary/aromatic N) is 6. The van der Waals surface area contributed by atoms with Crippen molar-refractivity contribution in [2.75, 3.05) is 4.90 Å². The van der Waals surface area contributed by atoms with E-state index in [0.29, 0.717) is 17.6 Å². The number of imidazole rings is 1. The molecular formula is C40H24N6S. The van der Waals surface area contributed by atoms with Gasteiger partial charge in [-0.15, -0.1) is 11.3 Å². The van der Waals surface area contributed by atoms with Gasteiger partial charge in [0.1, 0.15) is 0 Å². The van der Waals surface area contributed by atoms with E-state index in [1.165, 1.54) is 14.8 Å². The fourth-order valence-electron chi connectivity index (χ4n) is 6.76. The van der Waals surface area contributed by atoms with Crippen molar-refractivity contribution in [3.63, 3.8) is 0 Å². The average Bonchev–Trinajstić information content (AvgIpc) is 3.68. The summed E-state index contributed by atoms with van der Waals surface area (Å²) in [5.41, 5.74) is 7.99. The van der Waals surface area contributed by atoms with E-state index in [0.717, 1.165) is 56.0 Å². The maximum atomic E-state index is 5.32. The summed E-state index contributed by atoms with van der Waals surface area (Å²) in [7, 11) is 0. The Bertz CT molecular complexity index is 2660. The van der Waals surface area contributed by atoms with Gasteiger partial charge in [0, 0.05) is 42.4 Å². The molecule has 6 nitrogen and oxygen atoms in total. The van der Waals surface area contributed by atoms with Gasteiger partial charge in [-0.05, 0) is 36.4 Å². The van der Waals surface area contributed by atoms with E-state index in [4.69, 9.17) is 19.9 Å². The molecule has 0 unspecified atom stereocenters. The number of rotatable bonds is 3. The molecule has 4 heterocycles. The van der Waals surface area contributed by atoms with Gasteiger partial charge in [-0.3, -0.25) is 4.57 Å². The summed E-state index contributed by atoms with van der Waals surface area (Å²) in [5.74, 6) is 2.44. The van der Waals surface area contributed by atoms with Crippen LogP contribution in [0, 0.1) is 0 Å². The third kappa shape index (κ3) is 3.97. The summed E-state index contributed by atoms with van der Waals surface area (Å²) in [5, 5.41) is 2.35. The number of hydrogen-bond donors (Lipinski definition) is 0. The highest BCUT2D eigenvalue weighted by Gasteiger charge is 2.31. The van der Waals surface area contributed by atoms with Crippen LogP contribution in [0.4, 0.5) is 17.6 Å². The summed E-state index contributed by atoms with van der Waals surface area (Å²) < 4.78 is 4.66. The van der Waals surface area contributed by atoms with Gasteiger partial charge in [0.2, 0.25) is 11.9 Å². The number of fused-ring (bicyclic) bond motifs is 10. The first kappa shape index (κ1) is 26.1. The number of hydrogen-bond acceptors (Lipinski definition) is 6. The van der Waals surface area contributed by atoms with Crippen molar-refractivity contribution in [3.8, 4) is 39.6 Å². The molecule has 7 heteroatoms. The van der Waals surface area contributed by atoms with Gasteiger partial charge in [0.25, 0.3) is 0 Å². The zero-order chi connectivity index (χ0) is 30.9. The Balaban J connectivity index is 1.32. The van der Waals surface area contributed by atoms with Crippen LogP contribution in [0.2, 0.25) is 0 Å². The molecule has 0 radical (unpaired) electrons. The molecule has 0 spiro atoms. The molecule has 10 rings (SSSR count). The lowest BCUT2D eigenvalue weighted by atomic mass is 10.0. The van der Waals surface area contributed by atoms with Crippen molar-refractivity contribution in [2.45, 2.75) is 0 Å². The Labute approximate surface area is 273 Å². The Hall–Kier alpha value is -6.18. The summed E-state index contributed by atoms with van der Waals surface area (Å²) in [6, 6.07) is 50.3. The highest BCUT2D eigenvalue weighted by molar-refractivity contribution is 7.25. The van der Waals surface area contributed by atoms with Crippen molar-refractivity contribution in [1.29, 1.82) is 0 Å². The molecule has 0 fully saturated rings. The smallest absolute Gasteiger partial charge is 0.241 e. The molecular weight excluding hydrogens is 597 g/mol. The van der Waals surface area contributed by atoms with Crippen LogP contribution in [-0.4, -0.2) is 24.5 Å². The third-order valence-electron chi connectivity index (χ3n) is 8.82. The van der Waals surface area contributed by atoms with E-state index in [1.54, 1.807) is 11.3 Å². The van der Waals surface area contributed by atoms with Crippen molar-refractivity contribution in [2.24, 2.45) is 0 Å². The summed E-state index contributed by atoms with van der Waals surface area (Å²) in [6.45, 7) is 0. The lowest BCUT2D eigenvalue weighted by molar-refractivity contribution is 0.974.